The van der Waals surface area contributed by atoms with Gasteiger partial charge in [0.05, 0.1) is 10.3 Å². The number of benzene rings is 1. The van der Waals surface area contributed by atoms with Crippen molar-refractivity contribution < 1.29 is 14.8 Å². The number of non-ortho nitro benzene ring substituents is 1. The second-order valence-corrected chi connectivity index (χ2v) is 5.01. The molecule has 1 aromatic carbocycles. The molecule has 0 aliphatic carbocycles. The molecular weight excluding hydrogens is 274 g/mol. The zero-order chi connectivity index (χ0) is 15.6. The number of aliphatic carboxylic acids is 1. The quantitative estimate of drug-likeness (QED) is 0.647. The maximum absolute atomic E-state index is 11.3. The summed E-state index contributed by atoms with van der Waals surface area (Å²) in [5.41, 5.74) is 0.485. The molecule has 0 unspecified atom stereocenters. The van der Waals surface area contributed by atoms with Gasteiger partial charge in [-0.25, -0.2) is 4.79 Å². The maximum atomic E-state index is 11.3. The van der Waals surface area contributed by atoms with E-state index in [-0.39, 0.29) is 11.6 Å². The highest BCUT2D eigenvalue weighted by Gasteiger charge is 2.23. The van der Waals surface area contributed by atoms with Gasteiger partial charge in [-0.15, -0.1) is 0 Å². The van der Waals surface area contributed by atoms with Crippen LogP contribution in [0, 0.1) is 16.0 Å². The molecule has 0 bridgehead atoms. The first kappa shape index (κ1) is 14.7. The molecule has 21 heavy (non-hydrogen) atoms. The van der Waals surface area contributed by atoms with Crippen molar-refractivity contribution in [2.45, 2.75) is 19.9 Å². The first-order valence-electron chi connectivity index (χ1n) is 6.42. The molecule has 7 heteroatoms. The van der Waals surface area contributed by atoms with E-state index in [2.05, 4.69) is 10.3 Å². The summed E-state index contributed by atoms with van der Waals surface area (Å²) in [5.74, 6) is -1.10. The molecule has 7 nitrogen and oxygen atoms in total. The topological polar surface area (TPSA) is 105 Å². The Kier molecular flexibility index (Phi) is 4.02. The molecule has 2 aromatic rings. The van der Waals surface area contributed by atoms with Gasteiger partial charge < -0.3 is 10.4 Å². The van der Waals surface area contributed by atoms with Crippen LogP contribution in [0.4, 0.5) is 11.4 Å². The highest BCUT2D eigenvalue weighted by molar-refractivity contribution is 6.00. The minimum absolute atomic E-state index is 0.0555. The van der Waals surface area contributed by atoms with Gasteiger partial charge in [0.15, 0.2) is 0 Å². The monoisotopic (exact) mass is 289 g/mol. The molecule has 1 heterocycles. The second-order valence-electron chi connectivity index (χ2n) is 5.01. The summed E-state index contributed by atoms with van der Waals surface area (Å²) >= 11 is 0. The number of nitrogens with zero attached hydrogens (tertiary/aromatic N) is 2. The molecule has 0 radical (unpaired) electrons. The van der Waals surface area contributed by atoms with Gasteiger partial charge in [-0.1, -0.05) is 13.8 Å². The number of pyridine rings is 1. The number of nitro groups is 1. The van der Waals surface area contributed by atoms with Crippen molar-refractivity contribution in [2.75, 3.05) is 5.32 Å². The van der Waals surface area contributed by atoms with Gasteiger partial charge in [-0.2, -0.15) is 0 Å². The number of carbonyl (C=O) groups is 1. The Hall–Kier alpha value is -2.70. The molecule has 2 rings (SSSR count). The molecule has 2 N–H and O–H groups in total. The third kappa shape index (κ3) is 2.91. The molecule has 0 aliphatic rings. The summed E-state index contributed by atoms with van der Waals surface area (Å²) in [6.45, 7) is 3.59. The number of rotatable bonds is 5. The fraction of sp³-hybridized carbons (Fsp3) is 0.286. The average molecular weight is 289 g/mol. The molecule has 1 atom stereocenters. The zero-order valence-corrected chi connectivity index (χ0v) is 11.6. The minimum Gasteiger partial charge on any atom is -0.480 e. The van der Waals surface area contributed by atoms with Crippen molar-refractivity contribution in [3.8, 4) is 0 Å². The summed E-state index contributed by atoms with van der Waals surface area (Å²) < 4.78 is 0. The number of nitrogens with one attached hydrogen (secondary N) is 1. The zero-order valence-electron chi connectivity index (χ0n) is 11.6. The van der Waals surface area contributed by atoms with Gasteiger partial charge in [-0.3, -0.25) is 15.1 Å². The number of hydrogen-bond donors (Lipinski definition) is 2. The van der Waals surface area contributed by atoms with Gasteiger partial charge in [0.1, 0.15) is 6.04 Å². The van der Waals surface area contributed by atoms with Crippen LogP contribution in [-0.2, 0) is 4.79 Å². The maximum Gasteiger partial charge on any atom is 0.326 e. The minimum atomic E-state index is -0.967. The van der Waals surface area contributed by atoms with E-state index in [0.717, 1.165) is 0 Å². The fourth-order valence-corrected chi connectivity index (χ4v) is 2.14. The molecule has 110 valence electrons. The first-order chi connectivity index (χ1) is 9.91. The Balaban J connectivity index is 2.53. The molecular formula is C14H15N3O4. The molecule has 0 aliphatic heterocycles. The molecule has 0 fully saturated rings. The smallest absolute Gasteiger partial charge is 0.326 e. The van der Waals surface area contributed by atoms with E-state index in [1.54, 1.807) is 19.9 Å². The molecule has 0 saturated heterocycles. The fourth-order valence-electron chi connectivity index (χ4n) is 2.14. The number of fused-ring (bicyclic) bond motifs is 1. The van der Waals surface area contributed by atoms with E-state index in [0.29, 0.717) is 16.5 Å². The lowest BCUT2D eigenvalue weighted by Gasteiger charge is -2.20. The van der Waals surface area contributed by atoms with E-state index >= 15 is 0 Å². The molecule has 0 spiro atoms. The van der Waals surface area contributed by atoms with Crippen LogP contribution in [0.5, 0.6) is 0 Å². The Bertz CT molecular complexity index is 700. The van der Waals surface area contributed by atoms with Crippen LogP contribution in [0.25, 0.3) is 10.8 Å². The molecule has 1 aromatic heterocycles. The van der Waals surface area contributed by atoms with Crippen LogP contribution in [-0.4, -0.2) is 27.0 Å². The number of carboxylic acids is 1. The molecule has 0 amide bonds. The summed E-state index contributed by atoms with van der Waals surface area (Å²) in [5, 5.41) is 24.2. The van der Waals surface area contributed by atoms with E-state index in [9.17, 15) is 20.0 Å². The SMILES string of the molecule is CC(C)[C@H](Nc1ccc([N+](=O)[O-])c2cnccc12)C(=O)O. The summed E-state index contributed by atoms with van der Waals surface area (Å²) in [7, 11) is 0. The van der Waals surface area contributed by atoms with Gasteiger partial charge in [0.2, 0.25) is 0 Å². The number of aromatic nitrogens is 1. The van der Waals surface area contributed by atoms with Gasteiger partial charge in [-0.05, 0) is 18.1 Å². The predicted molar refractivity (Wildman–Crippen MR) is 78.3 cm³/mol. The number of nitro benzene ring substituents is 1. The van der Waals surface area contributed by atoms with Crippen molar-refractivity contribution in [3.05, 3.63) is 40.7 Å². The normalized spacial score (nSPS) is 12.3. The standard InChI is InChI=1S/C14H15N3O4/c1-8(2)13(14(18)19)16-11-3-4-12(17(20)21)10-7-15-6-5-9(10)11/h3-8,13,16H,1-2H3,(H,18,19)/t13-/m0/s1. The van der Waals surface area contributed by atoms with Gasteiger partial charge in [0.25, 0.3) is 5.69 Å². The van der Waals surface area contributed by atoms with Gasteiger partial charge in [0, 0.05) is 29.5 Å². The Morgan fingerprint density at radius 1 is 1.33 bits per heavy atom. The first-order valence-corrected chi connectivity index (χ1v) is 6.42. The Morgan fingerprint density at radius 3 is 2.62 bits per heavy atom. The molecule has 0 saturated carbocycles. The van der Waals surface area contributed by atoms with Crippen LogP contribution in [0.1, 0.15) is 13.8 Å². The van der Waals surface area contributed by atoms with E-state index in [4.69, 9.17) is 0 Å². The van der Waals surface area contributed by atoms with Crippen molar-refractivity contribution in [1.29, 1.82) is 0 Å². The number of anilines is 1. The lowest BCUT2D eigenvalue weighted by molar-refractivity contribution is -0.383. The van der Waals surface area contributed by atoms with Crippen LogP contribution in [0.15, 0.2) is 30.6 Å². The van der Waals surface area contributed by atoms with Crippen LogP contribution in [0.3, 0.4) is 0 Å². The number of carboxylic acid groups (broad SMARTS) is 1. The Morgan fingerprint density at radius 2 is 2.05 bits per heavy atom. The predicted octanol–water partition coefficient (Wildman–Crippen LogP) is 2.66. The second kappa shape index (κ2) is 5.74. The third-order valence-corrected chi connectivity index (χ3v) is 3.24. The lowest BCUT2D eigenvalue weighted by atomic mass is 10.0. The van der Waals surface area contributed by atoms with E-state index in [1.165, 1.54) is 24.5 Å². The van der Waals surface area contributed by atoms with Crippen LogP contribution >= 0.6 is 0 Å². The van der Waals surface area contributed by atoms with Crippen LogP contribution in [0.2, 0.25) is 0 Å². The average Bonchev–Trinajstić information content (AvgIpc) is 2.43. The van der Waals surface area contributed by atoms with Crippen molar-refractivity contribution >= 4 is 28.1 Å². The van der Waals surface area contributed by atoms with Crippen molar-refractivity contribution in [2.24, 2.45) is 5.92 Å². The largest absolute Gasteiger partial charge is 0.480 e. The summed E-state index contributed by atoms with van der Waals surface area (Å²) in [6, 6.07) is 3.73. The van der Waals surface area contributed by atoms with E-state index in [1.807, 2.05) is 0 Å². The van der Waals surface area contributed by atoms with Crippen LogP contribution < -0.4 is 5.32 Å². The van der Waals surface area contributed by atoms with E-state index < -0.39 is 16.9 Å². The van der Waals surface area contributed by atoms with Gasteiger partial charge >= 0.3 is 5.97 Å². The van der Waals surface area contributed by atoms with Crippen molar-refractivity contribution in [3.63, 3.8) is 0 Å². The lowest BCUT2D eigenvalue weighted by Crippen LogP contribution is -2.34. The summed E-state index contributed by atoms with van der Waals surface area (Å²) in [6.07, 6.45) is 2.92. The van der Waals surface area contributed by atoms with Crippen molar-refractivity contribution in [1.82, 2.24) is 4.98 Å². The number of hydrogen-bond acceptors (Lipinski definition) is 5. The Labute approximate surface area is 120 Å². The highest BCUT2D eigenvalue weighted by atomic mass is 16.6. The third-order valence-electron chi connectivity index (χ3n) is 3.24. The summed E-state index contributed by atoms with van der Waals surface area (Å²) in [4.78, 5) is 25.7. The highest BCUT2D eigenvalue weighted by Crippen LogP contribution is 2.31.